The number of hydrogen-bond acceptors (Lipinski definition) is 4. The smallest absolute Gasteiger partial charge is 0.260 e. The van der Waals surface area contributed by atoms with E-state index in [2.05, 4.69) is 0 Å². The van der Waals surface area contributed by atoms with Crippen molar-refractivity contribution < 1.29 is 19.1 Å². The van der Waals surface area contributed by atoms with E-state index in [1.807, 2.05) is 18.7 Å². The number of piperidine rings is 1. The lowest BCUT2D eigenvalue weighted by Crippen LogP contribution is -2.49. The molecule has 1 saturated heterocycles. The predicted octanol–water partition coefficient (Wildman–Crippen LogP) is 1.96. The molecule has 2 atom stereocenters. The van der Waals surface area contributed by atoms with Crippen molar-refractivity contribution in [3.63, 3.8) is 0 Å². The third kappa shape index (κ3) is 3.94. The highest BCUT2D eigenvalue weighted by atomic mass is 16.5. The largest absolute Gasteiger partial charge is 0.497 e. The Morgan fingerprint density at radius 3 is 2.48 bits per heavy atom. The van der Waals surface area contributed by atoms with Crippen molar-refractivity contribution >= 4 is 11.8 Å². The van der Waals surface area contributed by atoms with Crippen LogP contribution in [-0.4, -0.2) is 42.5 Å². The van der Waals surface area contributed by atoms with Crippen molar-refractivity contribution in [3.8, 4) is 11.5 Å². The number of nitrogens with two attached hydrogens (primary N) is 1. The first-order valence-corrected chi connectivity index (χ1v) is 7.85. The molecular weight excluding hydrogens is 296 g/mol. The molecule has 0 radical (unpaired) electrons. The summed E-state index contributed by atoms with van der Waals surface area (Å²) in [5, 5.41) is 0. The number of ether oxygens (including phenoxy) is 2. The normalized spacial score (nSPS) is 20.9. The lowest BCUT2D eigenvalue weighted by atomic mass is 9.97. The highest BCUT2D eigenvalue weighted by molar-refractivity contribution is 5.96. The van der Waals surface area contributed by atoms with Crippen LogP contribution in [0.4, 0.5) is 0 Å². The molecule has 0 bridgehead atoms. The second-order valence-electron chi connectivity index (χ2n) is 5.94. The van der Waals surface area contributed by atoms with Crippen molar-refractivity contribution in [3.05, 3.63) is 23.8 Å². The number of carbonyl (C=O) groups excluding carboxylic acids is 2. The first-order chi connectivity index (χ1) is 10.9. The Kier molecular flexibility index (Phi) is 5.47. The van der Waals surface area contributed by atoms with Gasteiger partial charge in [-0.05, 0) is 45.2 Å². The molecule has 1 fully saturated rings. The molecule has 1 aliphatic rings. The maximum absolute atomic E-state index is 12.5. The molecule has 1 aromatic carbocycles. The van der Waals surface area contributed by atoms with Crippen LogP contribution in [0.2, 0.25) is 0 Å². The van der Waals surface area contributed by atoms with Crippen molar-refractivity contribution in [2.24, 2.45) is 5.73 Å². The van der Waals surface area contributed by atoms with E-state index in [4.69, 9.17) is 15.2 Å². The SMILES string of the molecule is COc1ccc(C(N)=O)c(OCC(=O)N2C(C)CCCC2C)c1. The number of benzene rings is 1. The first-order valence-electron chi connectivity index (χ1n) is 7.85. The van der Waals surface area contributed by atoms with Gasteiger partial charge in [-0.15, -0.1) is 0 Å². The van der Waals surface area contributed by atoms with Gasteiger partial charge < -0.3 is 20.1 Å². The van der Waals surface area contributed by atoms with Gasteiger partial charge in [-0.25, -0.2) is 0 Å². The van der Waals surface area contributed by atoms with Gasteiger partial charge in [0.2, 0.25) is 0 Å². The Morgan fingerprint density at radius 1 is 1.26 bits per heavy atom. The zero-order chi connectivity index (χ0) is 17.0. The van der Waals surface area contributed by atoms with E-state index < -0.39 is 5.91 Å². The number of primary amides is 1. The summed E-state index contributed by atoms with van der Waals surface area (Å²) in [4.78, 5) is 25.8. The Morgan fingerprint density at radius 2 is 1.91 bits per heavy atom. The summed E-state index contributed by atoms with van der Waals surface area (Å²) in [5.74, 6) is 0.123. The summed E-state index contributed by atoms with van der Waals surface area (Å²) >= 11 is 0. The van der Waals surface area contributed by atoms with Gasteiger partial charge in [0.25, 0.3) is 11.8 Å². The summed E-state index contributed by atoms with van der Waals surface area (Å²) in [6, 6.07) is 5.14. The van der Waals surface area contributed by atoms with Crippen molar-refractivity contribution in [1.29, 1.82) is 0 Å². The topological polar surface area (TPSA) is 81.9 Å². The van der Waals surface area contributed by atoms with Crippen LogP contribution >= 0.6 is 0 Å². The average molecular weight is 320 g/mol. The molecule has 2 rings (SSSR count). The predicted molar refractivity (Wildman–Crippen MR) is 86.6 cm³/mol. The minimum Gasteiger partial charge on any atom is -0.497 e. The quantitative estimate of drug-likeness (QED) is 0.899. The number of hydrogen-bond donors (Lipinski definition) is 1. The van der Waals surface area contributed by atoms with E-state index in [9.17, 15) is 9.59 Å². The second-order valence-corrected chi connectivity index (χ2v) is 5.94. The molecular formula is C17H24N2O4. The molecule has 23 heavy (non-hydrogen) atoms. The molecule has 2 unspecified atom stereocenters. The van der Waals surface area contributed by atoms with Crippen molar-refractivity contribution in [2.75, 3.05) is 13.7 Å². The summed E-state index contributed by atoms with van der Waals surface area (Å²) in [7, 11) is 1.52. The van der Waals surface area contributed by atoms with Gasteiger partial charge in [0, 0.05) is 18.2 Å². The average Bonchev–Trinajstić information content (AvgIpc) is 2.52. The van der Waals surface area contributed by atoms with Gasteiger partial charge in [-0.3, -0.25) is 9.59 Å². The molecule has 0 aliphatic carbocycles. The minimum absolute atomic E-state index is 0.0806. The van der Waals surface area contributed by atoms with E-state index in [-0.39, 0.29) is 35.9 Å². The molecule has 1 heterocycles. The fourth-order valence-electron chi connectivity index (χ4n) is 3.08. The summed E-state index contributed by atoms with van der Waals surface area (Å²) in [5.41, 5.74) is 5.58. The lowest BCUT2D eigenvalue weighted by molar-refractivity contribution is -0.139. The van der Waals surface area contributed by atoms with Crippen LogP contribution in [0, 0.1) is 0 Å². The third-order valence-electron chi connectivity index (χ3n) is 4.29. The van der Waals surface area contributed by atoms with Crippen LogP contribution in [-0.2, 0) is 4.79 Å². The monoisotopic (exact) mass is 320 g/mol. The number of carbonyl (C=O) groups is 2. The van der Waals surface area contributed by atoms with Crippen LogP contribution in [0.3, 0.4) is 0 Å². The number of nitrogens with zero attached hydrogens (tertiary/aromatic N) is 1. The Balaban J connectivity index is 2.10. The van der Waals surface area contributed by atoms with Crippen LogP contribution < -0.4 is 15.2 Å². The maximum atomic E-state index is 12.5. The fourth-order valence-corrected chi connectivity index (χ4v) is 3.08. The molecule has 2 N–H and O–H groups in total. The van der Waals surface area contributed by atoms with Gasteiger partial charge >= 0.3 is 0 Å². The van der Waals surface area contributed by atoms with Crippen LogP contribution in [0.5, 0.6) is 11.5 Å². The summed E-state index contributed by atoms with van der Waals surface area (Å²) in [6.45, 7) is 3.98. The number of amides is 2. The third-order valence-corrected chi connectivity index (χ3v) is 4.29. The van der Waals surface area contributed by atoms with Crippen molar-refractivity contribution in [1.82, 2.24) is 4.90 Å². The number of rotatable bonds is 5. The number of likely N-dealkylation sites (tertiary alicyclic amines) is 1. The molecule has 0 spiro atoms. The van der Waals surface area contributed by atoms with Crippen LogP contribution in [0.15, 0.2) is 18.2 Å². The number of methoxy groups -OCH3 is 1. The second kappa shape index (κ2) is 7.35. The van der Waals surface area contributed by atoms with E-state index in [1.165, 1.54) is 13.2 Å². The summed E-state index contributed by atoms with van der Waals surface area (Å²) in [6.07, 6.45) is 3.14. The Labute approximate surface area is 136 Å². The molecule has 1 aromatic rings. The highest BCUT2D eigenvalue weighted by Gasteiger charge is 2.29. The molecule has 1 aliphatic heterocycles. The molecule has 0 saturated carbocycles. The minimum atomic E-state index is -0.602. The van der Waals surface area contributed by atoms with E-state index >= 15 is 0 Å². The lowest BCUT2D eigenvalue weighted by Gasteiger charge is -2.39. The Bertz CT molecular complexity index is 578. The van der Waals surface area contributed by atoms with Gasteiger partial charge in [0.05, 0.1) is 12.7 Å². The maximum Gasteiger partial charge on any atom is 0.260 e. The van der Waals surface area contributed by atoms with Crippen LogP contribution in [0.1, 0.15) is 43.5 Å². The first kappa shape index (κ1) is 17.1. The molecule has 0 aromatic heterocycles. The van der Waals surface area contributed by atoms with Gasteiger partial charge in [0.15, 0.2) is 6.61 Å². The van der Waals surface area contributed by atoms with E-state index in [1.54, 1.807) is 12.1 Å². The Hall–Kier alpha value is -2.24. The van der Waals surface area contributed by atoms with Gasteiger partial charge in [-0.1, -0.05) is 0 Å². The van der Waals surface area contributed by atoms with E-state index in [0.717, 1.165) is 19.3 Å². The van der Waals surface area contributed by atoms with Gasteiger partial charge in [-0.2, -0.15) is 0 Å². The molecule has 6 nitrogen and oxygen atoms in total. The fraction of sp³-hybridized carbons (Fsp3) is 0.529. The zero-order valence-corrected chi connectivity index (χ0v) is 13.9. The molecule has 6 heteroatoms. The van der Waals surface area contributed by atoms with Crippen LogP contribution in [0.25, 0.3) is 0 Å². The van der Waals surface area contributed by atoms with Gasteiger partial charge in [0.1, 0.15) is 11.5 Å². The van der Waals surface area contributed by atoms with E-state index in [0.29, 0.717) is 5.75 Å². The highest BCUT2D eigenvalue weighted by Crippen LogP contribution is 2.26. The molecule has 126 valence electrons. The molecule has 2 amide bonds. The zero-order valence-electron chi connectivity index (χ0n) is 13.9. The standard InChI is InChI=1S/C17H24N2O4/c1-11-5-4-6-12(2)19(11)16(20)10-23-15-9-13(22-3)7-8-14(15)17(18)21/h7-9,11-12H,4-6,10H2,1-3H3,(H2,18,21). The summed E-state index contributed by atoms with van der Waals surface area (Å²) < 4.78 is 10.7. The van der Waals surface area contributed by atoms with Crippen molar-refractivity contribution in [2.45, 2.75) is 45.2 Å².